The molecule has 0 aliphatic carbocycles. The third-order valence-corrected chi connectivity index (χ3v) is 3.36. The quantitative estimate of drug-likeness (QED) is 0.266. The van der Waals surface area contributed by atoms with Crippen molar-refractivity contribution in [2.75, 3.05) is 26.2 Å². The number of unbranched alkanes of at least 4 members (excludes halogenated alkanes) is 2. The Kier molecular flexibility index (Phi) is 12.2. The van der Waals surface area contributed by atoms with E-state index in [9.17, 15) is 0 Å². The average molecular weight is 276 g/mol. The summed E-state index contributed by atoms with van der Waals surface area (Å²) in [6, 6.07) is 0. The molecule has 0 aromatic carbocycles. The first-order valence-electron chi connectivity index (χ1n) is 7.66. The first-order valence-corrected chi connectivity index (χ1v) is 7.66. The van der Waals surface area contributed by atoms with E-state index in [0.717, 1.165) is 32.6 Å². The van der Waals surface area contributed by atoms with E-state index >= 15 is 0 Å². The monoisotopic (exact) mass is 276 g/mol. The van der Waals surface area contributed by atoms with Gasteiger partial charge in [0.25, 0.3) is 0 Å². The highest BCUT2D eigenvalue weighted by Crippen LogP contribution is 2.15. The van der Waals surface area contributed by atoms with Crippen LogP contribution in [0.2, 0.25) is 0 Å². The number of nitrogens with zero attached hydrogens (tertiary/aromatic N) is 2. The Bertz CT molecular complexity index is 239. The number of hydrogen-bond acceptors (Lipinski definition) is 2. The van der Waals surface area contributed by atoms with Crippen LogP contribution in [0.1, 0.15) is 32.6 Å². The fraction of sp³-hybridized carbons (Fsp3) is 0.556. The zero-order valence-corrected chi connectivity index (χ0v) is 13.3. The van der Waals surface area contributed by atoms with Gasteiger partial charge in [0.2, 0.25) is 0 Å². The molecule has 2 heteroatoms. The second kappa shape index (κ2) is 12.9. The highest BCUT2D eigenvalue weighted by Gasteiger charge is 2.21. The van der Waals surface area contributed by atoms with Gasteiger partial charge in [0.05, 0.1) is 6.17 Å². The summed E-state index contributed by atoms with van der Waals surface area (Å²) in [5, 5.41) is 0. The van der Waals surface area contributed by atoms with Crippen molar-refractivity contribution < 1.29 is 0 Å². The highest BCUT2D eigenvalue weighted by molar-refractivity contribution is 4.89. The van der Waals surface area contributed by atoms with E-state index in [-0.39, 0.29) is 0 Å². The maximum absolute atomic E-state index is 3.88. The first-order chi connectivity index (χ1) is 9.74. The SMILES string of the molecule is C=CCN(CC=C)C(CCCCC)N(CC=C)CC=C. The molecule has 0 N–H and O–H groups in total. The Hall–Kier alpha value is -1.12. The lowest BCUT2D eigenvalue weighted by molar-refractivity contribution is 0.0677. The molecule has 0 saturated carbocycles. The van der Waals surface area contributed by atoms with E-state index in [2.05, 4.69) is 43.0 Å². The number of rotatable bonds is 14. The summed E-state index contributed by atoms with van der Waals surface area (Å²) in [5.41, 5.74) is 0. The molecule has 0 spiro atoms. The Balaban J connectivity index is 4.93. The fourth-order valence-electron chi connectivity index (χ4n) is 2.47. The normalized spacial score (nSPS) is 11.0. The molecule has 0 amide bonds. The van der Waals surface area contributed by atoms with Crippen molar-refractivity contribution in [2.24, 2.45) is 0 Å². The van der Waals surface area contributed by atoms with Gasteiger partial charge in [-0.05, 0) is 6.42 Å². The molecule has 0 saturated heterocycles. The van der Waals surface area contributed by atoms with Crippen LogP contribution in [-0.4, -0.2) is 42.1 Å². The van der Waals surface area contributed by atoms with Crippen LogP contribution >= 0.6 is 0 Å². The van der Waals surface area contributed by atoms with Crippen LogP contribution in [0.4, 0.5) is 0 Å². The van der Waals surface area contributed by atoms with Crippen molar-refractivity contribution in [3.63, 3.8) is 0 Å². The lowest BCUT2D eigenvalue weighted by atomic mass is 10.1. The molecule has 0 rings (SSSR count). The number of hydrogen-bond donors (Lipinski definition) is 0. The molecule has 0 aromatic heterocycles. The van der Waals surface area contributed by atoms with Gasteiger partial charge in [-0.15, -0.1) is 26.3 Å². The second-order valence-electron chi connectivity index (χ2n) is 5.04. The van der Waals surface area contributed by atoms with Crippen molar-refractivity contribution in [3.05, 3.63) is 50.6 Å². The Morgan fingerprint density at radius 2 is 1.15 bits per heavy atom. The van der Waals surface area contributed by atoms with Crippen molar-refractivity contribution in [2.45, 2.75) is 38.8 Å². The van der Waals surface area contributed by atoms with Crippen LogP contribution < -0.4 is 0 Å². The summed E-state index contributed by atoms with van der Waals surface area (Å²) < 4.78 is 0. The van der Waals surface area contributed by atoms with Crippen molar-refractivity contribution >= 4 is 0 Å². The molecule has 0 unspecified atom stereocenters. The maximum atomic E-state index is 3.88. The van der Waals surface area contributed by atoms with Crippen LogP contribution in [0, 0.1) is 0 Å². The summed E-state index contributed by atoms with van der Waals surface area (Å²) in [6.45, 7) is 21.3. The molecule has 0 aliphatic heterocycles. The molecule has 0 heterocycles. The minimum Gasteiger partial charge on any atom is -0.280 e. The van der Waals surface area contributed by atoms with Crippen LogP contribution in [0.15, 0.2) is 50.6 Å². The van der Waals surface area contributed by atoms with Gasteiger partial charge < -0.3 is 0 Å². The van der Waals surface area contributed by atoms with Gasteiger partial charge in [0.1, 0.15) is 0 Å². The first kappa shape index (κ1) is 18.9. The fourth-order valence-corrected chi connectivity index (χ4v) is 2.47. The largest absolute Gasteiger partial charge is 0.280 e. The highest BCUT2D eigenvalue weighted by atomic mass is 15.3. The van der Waals surface area contributed by atoms with Gasteiger partial charge in [0, 0.05) is 26.2 Å². The van der Waals surface area contributed by atoms with Crippen molar-refractivity contribution in [1.82, 2.24) is 9.80 Å². The van der Waals surface area contributed by atoms with E-state index in [0.29, 0.717) is 6.17 Å². The van der Waals surface area contributed by atoms with Crippen LogP contribution in [0.25, 0.3) is 0 Å². The molecule has 0 aromatic rings. The van der Waals surface area contributed by atoms with Gasteiger partial charge >= 0.3 is 0 Å². The lowest BCUT2D eigenvalue weighted by Gasteiger charge is -2.38. The smallest absolute Gasteiger partial charge is 0.0633 e. The minimum absolute atomic E-state index is 0.397. The molecule has 0 atom stereocenters. The third kappa shape index (κ3) is 7.46. The Labute approximate surface area is 126 Å². The van der Waals surface area contributed by atoms with Gasteiger partial charge in [0.15, 0.2) is 0 Å². The van der Waals surface area contributed by atoms with Gasteiger partial charge in [-0.2, -0.15) is 0 Å². The average Bonchev–Trinajstić information content (AvgIpc) is 2.44. The van der Waals surface area contributed by atoms with Gasteiger partial charge in [-0.3, -0.25) is 9.80 Å². The standard InChI is InChI=1S/C18H32N2/c1-6-11-12-13-18(19(14-7-2)15-8-3)20(16-9-4)17-10-5/h7-10,18H,2-6,11-17H2,1H3. The molecule has 114 valence electrons. The summed E-state index contributed by atoms with van der Waals surface area (Å²) in [6.07, 6.45) is 13.2. The van der Waals surface area contributed by atoms with E-state index in [1.54, 1.807) is 0 Å². The van der Waals surface area contributed by atoms with E-state index in [1.165, 1.54) is 19.3 Å². The maximum Gasteiger partial charge on any atom is 0.0633 e. The van der Waals surface area contributed by atoms with E-state index < -0.39 is 0 Å². The molecular formula is C18H32N2. The van der Waals surface area contributed by atoms with Gasteiger partial charge in [-0.1, -0.05) is 50.5 Å². The second-order valence-corrected chi connectivity index (χ2v) is 5.04. The van der Waals surface area contributed by atoms with Crippen LogP contribution in [0.5, 0.6) is 0 Å². The zero-order valence-electron chi connectivity index (χ0n) is 13.3. The van der Waals surface area contributed by atoms with Crippen LogP contribution in [-0.2, 0) is 0 Å². The van der Waals surface area contributed by atoms with Crippen molar-refractivity contribution in [3.8, 4) is 0 Å². The summed E-state index contributed by atoms with van der Waals surface area (Å²) in [7, 11) is 0. The molecule has 0 aliphatic rings. The van der Waals surface area contributed by atoms with E-state index in [1.807, 2.05) is 24.3 Å². The molecule has 2 nitrogen and oxygen atoms in total. The summed E-state index contributed by atoms with van der Waals surface area (Å²) in [4.78, 5) is 4.84. The molecule has 0 fully saturated rings. The Morgan fingerprint density at radius 1 is 0.750 bits per heavy atom. The minimum atomic E-state index is 0.397. The summed E-state index contributed by atoms with van der Waals surface area (Å²) in [5.74, 6) is 0. The van der Waals surface area contributed by atoms with Gasteiger partial charge in [-0.25, -0.2) is 0 Å². The molecule has 0 bridgehead atoms. The van der Waals surface area contributed by atoms with Crippen molar-refractivity contribution in [1.29, 1.82) is 0 Å². The predicted octanol–water partition coefficient (Wildman–Crippen LogP) is 4.24. The molecule has 20 heavy (non-hydrogen) atoms. The molecule has 0 radical (unpaired) electrons. The predicted molar refractivity (Wildman–Crippen MR) is 91.9 cm³/mol. The lowest BCUT2D eigenvalue weighted by Crippen LogP contribution is -2.48. The van der Waals surface area contributed by atoms with Crippen LogP contribution in [0.3, 0.4) is 0 Å². The summed E-state index contributed by atoms with van der Waals surface area (Å²) >= 11 is 0. The Morgan fingerprint density at radius 3 is 1.45 bits per heavy atom. The molecular weight excluding hydrogens is 244 g/mol. The zero-order chi connectivity index (χ0) is 15.2. The van der Waals surface area contributed by atoms with E-state index in [4.69, 9.17) is 0 Å². The third-order valence-electron chi connectivity index (χ3n) is 3.36. The topological polar surface area (TPSA) is 6.48 Å².